The topological polar surface area (TPSA) is 49.4 Å². The smallest absolute Gasteiger partial charge is 0.0909 e. The van der Waals surface area contributed by atoms with Crippen LogP contribution in [0.3, 0.4) is 0 Å². The first-order chi connectivity index (χ1) is 13.7. The van der Waals surface area contributed by atoms with Crippen LogP contribution in [0, 0.1) is 0 Å². The van der Waals surface area contributed by atoms with E-state index >= 15 is 0 Å². The molecule has 138 valence electrons. The lowest BCUT2D eigenvalue weighted by molar-refractivity contribution is 1.41. The van der Waals surface area contributed by atoms with Gasteiger partial charge >= 0.3 is 0 Å². The van der Waals surface area contributed by atoms with Crippen molar-refractivity contribution in [2.45, 2.75) is 0 Å². The number of thiophene rings is 2. The molecule has 28 heavy (non-hydrogen) atoms. The molecule has 0 N–H and O–H groups in total. The Morgan fingerprint density at radius 3 is 1.32 bits per heavy atom. The highest BCUT2D eigenvalue weighted by Gasteiger charge is 2.08. The highest BCUT2D eigenvalue weighted by atomic mass is 32.1. The van der Waals surface area contributed by atoms with Crippen LogP contribution in [0.1, 0.15) is 19.5 Å². The second-order valence-electron chi connectivity index (χ2n) is 5.55. The molecule has 0 saturated carbocycles. The summed E-state index contributed by atoms with van der Waals surface area (Å²) in [5.74, 6) is 0. The molecule has 4 nitrogen and oxygen atoms in total. The zero-order valence-corrected chi connectivity index (χ0v) is 16.8. The SMILES string of the molecule is C=Cc1ccc(/C=N\c2cc(N=C)c(N=C)cc2/N=C\c2ccc(C=C)s2)s1. The summed E-state index contributed by atoms with van der Waals surface area (Å²) in [7, 11) is 0. The molecular formula is C22H18N4S2. The maximum atomic E-state index is 4.62. The average Bonchev–Trinajstić information content (AvgIpc) is 3.39. The lowest BCUT2D eigenvalue weighted by atomic mass is 10.2. The van der Waals surface area contributed by atoms with Gasteiger partial charge in [0.15, 0.2) is 0 Å². The molecule has 0 aliphatic heterocycles. The van der Waals surface area contributed by atoms with Crippen LogP contribution in [0.2, 0.25) is 0 Å². The minimum atomic E-state index is 0.615. The van der Waals surface area contributed by atoms with Gasteiger partial charge < -0.3 is 0 Å². The van der Waals surface area contributed by atoms with Crippen molar-refractivity contribution in [1.82, 2.24) is 0 Å². The molecule has 0 spiro atoms. The average molecular weight is 403 g/mol. The maximum absolute atomic E-state index is 4.62. The van der Waals surface area contributed by atoms with E-state index in [4.69, 9.17) is 0 Å². The Morgan fingerprint density at radius 2 is 1.00 bits per heavy atom. The van der Waals surface area contributed by atoms with Crippen molar-refractivity contribution < 1.29 is 0 Å². The number of aliphatic imine (C=N–C) groups is 4. The van der Waals surface area contributed by atoms with Gasteiger partial charge in [0.05, 0.1) is 22.7 Å². The minimum absolute atomic E-state index is 0.615. The van der Waals surface area contributed by atoms with Crippen molar-refractivity contribution >= 4 is 83.4 Å². The largest absolute Gasteiger partial charge is 0.262 e. The molecule has 0 unspecified atom stereocenters. The standard InChI is InChI=1S/C22H18N4S2/c1-5-15-7-9-17(27-15)13-25-21-11-19(23-3)20(24-4)12-22(21)26-14-18-10-8-16(6-2)28-18/h5-14H,1-4H2/b25-13-,26-14-. The van der Waals surface area contributed by atoms with Crippen molar-refractivity contribution in [2.24, 2.45) is 20.0 Å². The van der Waals surface area contributed by atoms with Gasteiger partial charge in [-0.3, -0.25) is 20.0 Å². The Morgan fingerprint density at radius 1 is 0.607 bits per heavy atom. The maximum Gasteiger partial charge on any atom is 0.0909 e. The fourth-order valence-corrected chi connectivity index (χ4v) is 3.84. The van der Waals surface area contributed by atoms with Gasteiger partial charge in [-0.05, 0) is 49.8 Å². The lowest BCUT2D eigenvalue weighted by Gasteiger charge is -2.05. The van der Waals surface area contributed by atoms with Crippen LogP contribution in [0.15, 0.2) is 69.5 Å². The van der Waals surface area contributed by atoms with Crippen LogP contribution in [-0.4, -0.2) is 25.9 Å². The lowest BCUT2D eigenvalue weighted by Crippen LogP contribution is -1.78. The van der Waals surface area contributed by atoms with Crippen LogP contribution < -0.4 is 0 Å². The van der Waals surface area contributed by atoms with E-state index in [0.717, 1.165) is 19.5 Å². The number of rotatable bonds is 8. The summed E-state index contributed by atoms with van der Waals surface area (Å²) in [6.07, 6.45) is 7.25. The fraction of sp³-hybridized carbons (Fsp3) is 0. The summed E-state index contributed by atoms with van der Waals surface area (Å²) in [6, 6.07) is 11.6. The first-order valence-corrected chi connectivity index (χ1v) is 9.94. The first-order valence-electron chi connectivity index (χ1n) is 8.31. The van der Waals surface area contributed by atoms with E-state index in [1.54, 1.807) is 35.1 Å². The van der Waals surface area contributed by atoms with Crippen molar-refractivity contribution in [3.05, 3.63) is 69.1 Å². The summed E-state index contributed by atoms with van der Waals surface area (Å²) in [5, 5.41) is 0. The molecular weight excluding hydrogens is 384 g/mol. The molecule has 0 aliphatic carbocycles. The van der Waals surface area contributed by atoms with Crippen LogP contribution in [0.5, 0.6) is 0 Å². The molecule has 2 aromatic heterocycles. The summed E-state index contributed by atoms with van der Waals surface area (Å²) >= 11 is 3.23. The molecule has 3 aromatic rings. The van der Waals surface area contributed by atoms with Gasteiger partial charge in [-0.1, -0.05) is 25.3 Å². The number of hydrogen-bond acceptors (Lipinski definition) is 6. The summed E-state index contributed by atoms with van der Waals surface area (Å²) < 4.78 is 0. The first kappa shape index (κ1) is 19.5. The van der Waals surface area contributed by atoms with E-state index in [0.29, 0.717) is 22.7 Å². The Kier molecular flexibility index (Phi) is 6.37. The van der Waals surface area contributed by atoms with Crippen LogP contribution in [0.4, 0.5) is 22.7 Å². The molecule has 2 heterocycles. The highest BCUT2D eigenvalue weighted by molar-refractivity contribution is 7.14. The summed E-state index contributed by atoms with van der Waals surface area (Å²) in [5.41, 5.74) is 2.59. The Balaban J connectivity index is 2.00. The van der Waals surface area contributed by atoms with Crippen molar-refractivity contribution in [1.29, 1.82) is 0 Å². The van der Waals surface area contributed by atoms with Crippen LogP contribution in [-0.2, 0) is 0 Å². The van der Waals surface area contributed by atoms with Crippen molar-refractivity contribution in [3.63, 3.8) is 0 Å². The van der Waals surface area contributed by atoms with Gasteiger partial charge in [-0.25, -0.2) is 0 Å². The van der Waals surface area contributed by atoms with E-state index in [9.17, 15) is 0 Å². The Bertz CT molecular complexity index is 1010. The van der Waals surface area contributed by atoms with Gasteiger partial charge in [0.2, 0.25) is 0 Å². The third kappa shape index (κ3) is 4.54. The molecule has 0 amide bonds. The van der Waals surface area contributed by atoms with Gasteiger partial charge in [-0.15, -0.1) is 22.7 Å². The van der Waals surface area contributed by atoms with Gasteiger partial charge in [0, 0.05) is 31.9 Å². The Labute approximate surface area is 172 Å². The molecule has 1 aromatic carbocycles. The van der Waals surface area contributed by atoms with Gasteiger partial charge in [0.25, 0.3) is 0 Å². The molecule has 0 saturated heterocycles. The molecule has 0 aliphatic rings. The van der Waals surface area contributed by atoms with E-state index < -0.39 is 0 Å². The van der Waals surface area contributed by atoms with Gasteiger partial charge in [0.1, 0.15) is 0 Å². The van der Waals surface area contributed by atoms with E-state index in [1.165, 1.54) is 0 Å². The number of hydrogen-bond donors (Lipinski definition) is 0. The zero-order valence-electron chi connectivity index (χ0n) is 15.2. The summed E-state index contributed by atoms with van der Waals surface area (Å²) in [6.45, 7) is 14.8. The van der Waals surface area contributed by atoms with E-state index in [1.807, 2.05) is 48.6 Å². The zero-order chi connectivity index (χ0) is 19.9. The van der Waals surface area contributed by atoms with Crippen LogP contribution in [0.25, 0.3) is 12.2 Å². The highest BCUT2D eigenvalue weighted by Crippen LogP contribution is 2.40. The third-order valence-electron chi connectivity index (χ3n) is 3.77. The Hall–Kier alpha value is -3.22. The predicted molar refractivity (Wildman–Crippen MR) is 128 cm³/mol. The second-order valence-corrected chi connectivity index (χ2v) is 7.84. The van der Waals surface area contributed by atoms with Crippen molar-refractivity contribution in [3.8, 4) is 0 Å². The number of nitrogens with zero attached hydrogens (tertiary/aromatic N) is 4. The molecule has 0 bridgehead atoms. The predicted octanol–water partition coefficient (Wildman–Crippen LogP) is 7.26. The quantitative estimate of drug-likeness (QED) is 0.356. The molecule has 0 fully saturated rings. The molecule has 6 heteroatoms. The molecule has 3 rings (SSSR count). The van der Waals surface area contributed by atoms with Gasteiger partial charge in [-0.2, -0.15) is 0 Å². The van der Waals surface area contributed by atoms with Crippen LogP contribution >= 0.6 is 22.7 Å². The minimum Gasteiger partial charge on any atom is -0.262 e. The van der Waals surface area contributed by atoms with Crippen molar-refractivity contribution in [2.75, 3.05) is 0 Å². The summed E-state index contributed by atoms with van der Waals surface area (Å²) in [4.78, 5) is 21.5. The van der Waals surface area contributed by atoms with E-state index in [2.05, 4.69) is 46.6 Å². The monoisotopic (exact) mass is 402 g/mol. The second kappa shape index (κ2) is 9.12. The third-order valence-corrected chi connectivity index (χ3v) is 5.80. The van der Waals surface area contributed by atoms with E-state index in [-0.39, 0.29) is 0 Å². The molecule has 0 radical (unpaired) electrons. The molecule has 0 atom stereocenters. The normalized spacial score (nSPS) is 11.1. The fourth-order valence-electron chi connectivity index (χ4n) is 2.38. The number of benzene rings is 1.